The number of aryl methyl sites for hydroxylation is 1. The number of hydrogen-bond acceptors (Lipinski definition) is 3. The third kappa shape index (κ3) is 5.48. The van der Waals surface area contributed by atoms with Gasteiger partial charge in [0, 0.05) is 6.54 Å². The van der Waals surface area contributed by atoms with Crippen LogP contribution in [0, 0.1) is 0 Å². The van der Waals surface area contributed by atoms with Gasteiger partial charge in [-0.1, -0.05) is 25.5 Å². The summed E-state index contributed by atoms with van der Waals surface area (Å²) in [4.78, 5) is 14.3. The predicted octanol–water partition coefficient (Wildman–Crippen LogP) is 2.45. The van der Waals surface area contributed by atoms with Gasteiger partial charge in [-0.3, -0.25) is 4.90 Å². The van der Waals surface area contributed by atoms with Crippen LogP contribution in [0.25, 0.3) is 0 Å². The van der Waals surface area contributed by atoms with E-state index in [1.54, 1.807) is 5.32 Å². The average molecular weight is 291 g/mol. The lowest BCUT2D eigenvalue weighted by Crippen LogP contribution is -2.82. The fourth-order valence-electron chi connectivity index (χ4n) is 2.76. The first-order valence-electron chi connectivity index (χ1n) is 8.04. The Hall–Kier alpha value is -1.39. The van der Waals surface area contributed by atoms with E-state index >= 15 is 0 Å². The van der Waals surface area contributed by atoms with Gasteiger partial charge in [0.15, 0.2) is 0 Å². The van der Waals surface area contributed by atoms with Gasteiger partial charge in [-0.2, -0.15) is 4.79 Å². The molecule has 0 aliphatic carbocycles. The molecule has 2 N–H and O–H groups in total. The molecule has 1 amide bonds. The number of piperidine rings is 1. The second kappa shape index (κ2) is 8.15. The number of likely N-dealkylation sites (tertiary alicyclic amines) is 1. The van der Waals surface area contributed by atoms with Crippen LogP contribution in [0.5, 0.6) is 0 Å². The normalized spacial score (nSPS) is 17.4. The number of carbonyl (C=O) groups excluding carboxylic acids is 1. The Morgan fingerprint density at radius 1 is 1.24 bits per heavy atom. The molecule has 4 heteroatoms. The molecule has 0 radical (unpaired) electrons. The summed E-state index contributed by atoms with van der Waals surface area (Å²) in [5, 5.41) is 1.58. The number of ether oxygens (including phenoxy) is 1. The van der Waals surface area contributed by atoms with Gasteiger partial charge in [-0.15, -0.1) is 0 Å². The summed E-state index contributed by atoms with van der Waals surface area (Å²) in [5.41, 5.74) is 2.18. The molecule has 1 heterocycles. The Labute approximate surface area is 127 Å². The van der Waals surface area contributed by atoms with Crippen LogP contribution in [0.15, 0.2) is 24.3 Å². The van der Waals surface area contributed by atoms with E-state index in [2.05, 4.69) is 24.0 Å². The van der Waals surface area contributed by atoms with Crippen molar-refractivity contribution in [2.45, 2.75) is 45.6 Å². The molecule has 1 aliphatic rings. The number of rotatable bonds is 5. The Kier molecular flexibility index (Phi) is 6.21. The number of quaternary nitrogens is 1. The third-order valence-electron chi connectivity index (χ3n) is 3.95. The lowest BCUT2D eigenvalue weighted by molar-refractivity contribution is -0.484. The summed E-state index contributed by atoms with van der Waals surface area (Å²) >= 11 is 0. The molecule has 1 atom stereocenters. The quantitative estimate of drug-likeness (QED) is 0.848. The minimum atomic E-state index is -0.247. The van der Waals surface area contributed by atoms with Crippen molar-refractivity contribution in [2.24, 2.45) is 0 Å². The molecule has 0 spiro atoms. The third-order valence-corrected chi connectivity index (χ3v) is 3.95. The molecule has 0 aromatic heterocycles. The monoisotopic (exact) mass is 291 g/mol. The molecule has 4 nitrogen and oxygen atoms in total. The minimum Gasteiger partial charge on any atom is -0.415 e. The Bertz CT molecular complexity index is 439. The van der Waals surface area contributed by atoms with Gasteiger partial charge in [-0.05, 0) is 57.0 Å². The average Bonchev–Trinajstić information content (AvgIpc) is 2.48. The molecule has 1 fully saturated rings. The maximum atomic E-state index is 11.9. The zero-order valence-electron chi connectivity index (χ0n) is 13.2. The summed E-state index contributed by atoms with van der Waals surface area (Å²) in [6, 6.07) is 8.04. The summed E-state index contributed by atoms with van der Waals surface area (Å²) in [6.07, 6.45) is 4.56. The number of nitrogens with zero attached hydrogens (tertiary/aromatic N) is 1. The van der Waals surface area contributed by atoms with E-state index in [0.29, 0.717) is 0 Å². The summed E-state index contributed by atoms with van der Waals surface area (Å²) in [5.74, 6) is 0. The molecule has 21 heavy (non-hydrogen) atoms. The van der Waals surface area contributed by atoms with E-state index in [1.165, 1.54) is 24.8 Å². The molecule has 0 unspecified atom stereocenters. The van der Waals surface area contributed by atoms with Gasteiger partial charge >= 0.3 is 6.09 Å². The van der Waals surface area contributed by atoms with E-state index in [0.717, 1.165) is 31.7 Å². The molecule has 1 aromatic rings. The van der Waals surface area contributed by atoms with Crippen molar-refractivity contribution in [2.75, 3.05) is 19.6 Å². The number of amides is 1. The van der Waals surface area contributed by atoms with Crippen molar-refractivity contribution >= 4 is 11.8 Å². The maximum absolute atomic E-state index is 11.9. The largest absolute Gasteiger partial charge is 0.518 e. The van der Waals surface area contributed by atoms with Crippen molar-refractivity contribution in [1.29, 1.82) is 0 Å². The van der Waals surface area contributed by atoms with E-state index in [1.807, 2.05) is 19.1 Å². The van der Waals surface area contributed by atoms with Gasteiger partial charge in [0.2, 0.25) is 0 Å². The first-order valence-corrected chi connectivity index (χ1v) is 8.04. The van der Waals surface area contributed by atoms with Gasteiger partial charge in [0.25, 0.3) is 0 Å². The van der Waals surface area contributed by atoms with Crippen LogP contribution in [-0.2, 0) is 11.2 Å². The minimum absolute atomic E-state index is 0.0539. The Balaban J connectivity index is 1.74. The fourth-order valence-corrected chi connectivity index (χ4v) is 2.76. The van der Waals surface area contributed by atoms with Gasteiger partial charge < -0.3 is 4.74 Å². The molecule has 0 bridgehead atoms. The lowest BCUT2D eigenvalue weighted by Gasteiger charge is -2.28. The van der Waals surface area contributed by atoms with E-state index in [9.17, 15) is 4.79 Å². The van der Waals surface area contributed by atoms with Crippen molar-refractivity contribution in [3.05, 3.63) is 29.8 Å². The van der Waals surface area contributed by atoms with Crippen LogP contribution in [0.2, 0.25) is 0 Å². The van der Waals surface area contributed by atoms with Crippen molar-refractivity contribution in [3.63, 3.8) is 0 Å². The predicted molar refractivity (Wildman–Crippen MR) is 83.6 cm³/mol. The molecular weight excluding hydrogens is 264 g/mol. The standard InChI is InChI=1S/C17H26N2O2/c1-3-15-7-9-16(10-8-15)18-17(20)21-14(2)13-19-11-5-4-6-12-19/h7-10,14H,3-6,11-13H2,1-2H3,(H,18,20)/p+1/t14-/m0/s1. The fraction of sp³-hybridized carbons (Fsp3) is 0.588. The number of benzene rings is 1. The van der Waals surface area contributed by atoms with Crippen LogP contribution in [0.3, 0.4) is 0 Å². The first kappa shape index (κ1) is 16.0. The molecule has 116 valence electrons. The van der Waals surface area contributed by atoms with Crippen molar-refractivity contribution in [3.8, 4) is 0 Å². The highest BCUT2D eigenvalue weighted by atomic mass is 16.6. The Morgan fingerprint density at radius 3 is 2.52 bits per heavy atom. The van der Waals surface area contributed by atoms with E-state index in [4.69, 9.17) is 4.74 Å². The van der Waals surface area contributed by atoms with Crippen LogP contribution in [-0.4, -0.2) is 36.7 Å². The summed E-state index contributed by atoms with van der Waals surface area (Å²) in [6.45, 7) is 7.19. The van der Waals surface area contributed by atoms with Crippen LogP contribution in [0.4, 0.5) is 10.5 Å². The number of nitrogens with two attached hydrogens (primary N) is 1. The lowest BCUT2D eigenvalue weighted by atomic mass is 10.1. The highest BCUT2D eigenvalue weighted by Crippen LogP contribution is 2.10. The van der Waals surface area contributed by atoms with Crippen molar-refractivity contribution in [1.82, 2.24) is 4.90 Å². The molecule has 1 aliphatic heterocycles. The SMILES string of the molecule is CCc1ccc([NH2+]C(=O)O[C@@H](C)CN2CCCCC2)cc1. The summed E-state index contributed by atoms with van der Waals surface area (Å²) < 4.78 is 5.48. The van der Waals surface area contributed by atoms with E-state index < -0.39 is 0 Å². The zero-order chi connectivity index (χ0) is 15.1. The van der Waals surface area contributed by atoms with Gasteiger partial charge in [-0.25, -0.2) is 5.32 Å². The maximum Gasteiger partial charge on any atom is 0.518 e. The molecular formula is C17H27N2O2+. The molecule has 1 aromatic carbocycles. The second-order valence-corrected chi connectivity index (χ2v) is 5.85. The van der Waals surface area contributed by atoms with Crippen molar-refractivity contribution < 1.29 is 14.8 Å². The van der Waals surface area contributed by atoms with Gasteiger partial charge in [0.05, 0.1) is 0 Å². The molecule has 1 saturated heterocycles. The number of primary amides is 1. The number of hydrogen-bond donors (Lipinski definition) is 1. The topological polar surface area (TPSA) is 46.1 Å². The van der Waals surface area contributed by atoms with Crippen LogP contribution < -0.4 is 5.32 Å². The Morgan fingerprint density at radius 2 is 1.90 bits per heavy atom. The highest BCUT2D eigenvalue weighted by Gasteiger charge is 2.18. The van der Waals surface area contributed by atoms with E-state index in [-0.39, 0.29) is 12.2 Å². The highest BCUT2D eigenvalue weighted by molar-refractivity contribution is 5.59. The molecule has 2 rings (SSSR count). The summed E-state index contributed by atoms with van der Waals surface area (Å²) in [7, 11) is 0. The second-order valence-electron chi connectivity index (χ2n) is 5.85. The van der Waals surface area contributed by atoms with Crippen LogP contribution in [0.1, 0.15) is 38.7 Å². The van der Waals surface area contributed by atoms with Crippen LogP contribution >= 0.6 is 0 Å². The number of carbonyl (C=O) groups is 1. The molecule has 0 saturated carbocycles. The zero-order valence-corrected chi connectivity index (χ0v) is 13.2. The first-order chi connectivity index (χ1) is 10.2. The van der Waals surface area contributed by atoms with Gasteiger partial charge in [0.1, 0.15) is 11.8 Å². The smallest absolute Gasteiger partial charge is 0.415 e.